The summed E-state index contributed by atoms with van der Waals surface area (Å²) in [5.41, 5.74) is 10.2. The number of benzene rings is 3. The maximum absolute atomic E-state index is 9.33. The molecule has 1 aromatic heterocycles. The fraction of sp³-hybridized carbons (Fsp3) is 0.0526. The second-order valence-corrected chi connectivity index (χ2v) is 5.50. The maximum atomic E-state index is 9.33. The van der Waals surface area contributed by atoms with Crippen molar-refractivity contribution in [2.45, 2.75) is 6.92 Å². The standard InChI is InChI=1S/C19H14N4/c1-12-22-19-16(21)7-4-8-18(19)23(12)17-10-9-13(11-20)14-5-2-3-6-15(14)17/h2-10H,21H2,1H3. The lowest BCUT2D eigenvalue weighted by molar-refractivity contribution is 1.01. The number of aryl methyl sites for hydroxylation is 1. The van der Waals surface area contributed by atoms with Gasteiger partial charge in [0.25, 0.3) is 0 Å². The minimum absolute atomic E-state index is 0.669. The Morgan fingerprint density at radius 3 is 2.57 bits per heavy atom. The molecule has 0 aliphatic carbocycles. The number of hydrogen-bond donors (Lipinski definition) is 1. The highest BCUT2D eigenvalue weighted by molar-refractivity contribution is 5.97. The van der Waals surface area contributed by atoms with Crippen molar-refractivity contribution in [1.82, 2.24) is 9.55 Å². The van der Waals surface area contributed by atoms with Crippen LogP contribution in [0.15, 0.2) is 54.6 Å². The summed E-state index contributed by atoms with van der Waals surface area (Å²) in [6.07, 6.45) is 0. The van der Waals surface area contributed by atoms with Gasteiger partial charge in [0.05, 0.1) is 28.5 Å². The second kappa shape index (κ2) is 4.85. The van der Waals surface area contributed by atoms with Gasteiger partial charge >= 0.3 is 0 Å². The molecule has 4 nitrogen and oxygen atoms in total. The molecule has 1 heterocycles. The summed E-state index contributed by atoms with van der Waals surface area (Å²) < 4.78 is 2.09. The Labute approximate surface area is 133 Å². The molecule has 0 amide bonds. The Bertz CT molecular complexity index is 1100. The first-order valence-corrected chi connectivity index (χ1v) is 7.36. The second-order valence-electron chi connectivity index (χ2n) is 5.50. The number of anilines is 1. The van der Waals surface area contributed by atoms with E-state index in [4.69, 9.17) is 5.73 Å². The quantitative estimate of drug-likeness (QED) is 0.541. The van der Waals surface area contributed by atoms with Gasteiger partial charge < -0.3 is 5.73 Å². The van der Waals surface area contributed by atoms with Crippen molar-refractivity contribution in [3.05, 3.63) is 66.0 Å². The lowest BCUT2D eigenvalue weighted by Crippen LogP contribution is -1.99. The van der Waals surface area contributed by atoms with Crippen molar-refractivity contribution in [2.75, 3.05) is 5.73 Å². The van der Waals surface area contributed by atoms with Crippen LogP contribution < -0.4 is 5.73 Å². The van der Waals surface area contributed by atoms with E-state index in [1.165, 1.54) is 0 Å². The largest absolute Gasteiger partial charge is 0.397 e. The summed E-state index contributed by atoms with van der Waals surface area (Å²) in [7, 11) is 0. The number of rotatable bonds is 1. The number of nitriles is 1. The van der Waals surface area contributed by atoms with E-state index in [0.29, 0.717) is 11.3 Å². The van der Waals surface area contributed by atoms with Crippen molar-refractivity contribution in [3.63, 3.8) is 0 Å². The number of nitrogens with zero attached hydrogens (tertiary/aromatic N) is 3. The summed E-state index contributed by atoms with van der Waals surface area (Å²) in [4.78, 5) is 4.61. The number of nitrogen functional groups attached to an aromatic ring is 1. The van der Waals surface area contributed by atoms with Crippen molar-refractivity contribution in [2.24, 2.45) is 0 Å². The predicted octanol–water partition coefficient (Wildman–Crippen LogP) is 3.94. The highest BCUT2D eigenvalue weighted by atomic mass is 15.1. The van der Waals surface area contributed by atoms with Gasteiger partial charge in [-0.25, -0.2) is 4.98 Å². The summed E-state index contributed by atoms with van der Waals surface area (Å²) in [6.45, 7) is 1.96. The predicted molar refractivity (Wildman–Crippen MR) is 92.4 cm³/mol. The summed E-state index contributed by atoms with van der Waals surface area (Å²) in [6, 6.07) is 19.8. The first-order chi connectivity index (χ1) is 11.2. The fourth-order valence-corrected chi connectivity index (χ4v) is 3.12. The number of aromatic nitrogens is 2. The van der Waals surface area contributed by atoms with Gasteiger partial charge in [-0.3, -0.25) is 4.57 Å². The zero-order valence-corrected chi connectivity index (χ0v) is 12.6. The van der Waals surface area contributed by atoms with E-state index in [-0.39, 0.29) is 0 Å². The van der Waals surface area contributed by atoms with Crippen LogP contribution in [0.1, 0.15) is 11.4 Å². The van der Waals surface area contributed by atoms with Crippen molar-refractivity contribution < 1.29 is 0 Å². The van der Waals surface area contributed by atoms with Crippen LogP contribution in [-0.2, 0) is 0 Å². The molecule has 0 aliphatic heterocycles. The molecular weight excluding hydrogens is 284 g/mol. The Morgan fingerprint density at radius 1 is 1.00 bits per heavy atom. The van der Waals surface area contributed by atoms with Crippen LogP contribution in [0.2, 0.25) is 0 Å². The number of imidazole rings is 1. The van der Waals surface area contributed by atoms with Crippen molar-refractivity contribution >= 4 is 27.5 Å². The molecule has 0 radical (unpaired) electrons. The van der Waals surface area contributed by atoms with Gasteiger partial charge in [0.1, 0.15) is 11.3 Å². The van der Waals surface area contributed by atoms with E-state index in [0.717, 1.165) is 33.3 Å². The number of hydrogen-bond acceptors (Lipinski definition) is 3. The van der Waals surface area contributed by atoms with E-state index >= 15 is 0 Å². The zero-order valence-electron chi connectivity index (χ0n) is 12.6. The minimum atomic E-state index is 0.669. The third-order valence-electron chi connectivity index (χ3n) is 4.15. The van der Waals surface area contributed by atoms with E-state index in [1.807, 2.05) is 61.5 Å². The highest BCUT2D eigenvalue weighted by Crippen LogP contribution is 2.30. The third kappa shape index (κ3) is 1.87. The van der Waals surface area contributed by atoms with Gasteiger partial charge in [0.2, 0.25) is 0 Å². The Balaban J connectivity index is 2.15. The summed E-state index contributed by atoms with van der Waals surface area (Å²) in [5.74, 6) is 0.868. The smallest absolute Gasteiger partial charge is 0.112 e. The summed E-state index contributed by atoms with van der Waals surface area (Å²) in [5, 5.41) is 11.3. The average Bonchev–Trinajstić information content (AvgIpc) is 2.91. The van der Waals surface area contributed by atoms with Crippen LogP contribution in [0, 0.1) is 18.3 Å². The molecule has 110 valence electrons. The molecule has 0 fully saturated rings. The van der Waals surface area contributed by atoms with Crippen LogP contribution in [0.4, 0.5) is 5.69 Å². The molecule has 0 aliphatic rings. The van der Waals surface area contributed by atoms with E-state index in [9.17, 15) is 5.26 Å². The number of fused-ring (bicyclic) bond motifs is 2. The molecule has 0 spiro atoms. The van der Waals surface area contributed by atoms with Crippen LogP contribution >= 0.6 is 0 Å². The van der Waals surface area contributed by atoms with Gasteiger partial charge in [0, 0.05) is 10.8 Å². The van der Waals surface area contributed by atoms with Gasteiger partial charge in [-0.05, 0) is 31.2 Å². The Kier molecular flexibility index (Phi) is 2.82. The molecule has 3 aromatic carbocycles. The number of nitrogens with two attached hydrogens (primary N) is 1. The topological polar surface area (TPSA) is 67.6 Å². The first kappa shape index (κ1) is 13.4. The molecule has 0 unspecified atom stereocenters. The molecule has 0 atom stereocenters. The summed E-state index contributed by atoms with van der Waals surface area (Å²) >= 11 is 0. The monoisotopic (exact) mass is 298 g/mol. The van der Waals surface area contributed by atoms with Gasteiger partial charge in [-0.1, -0.05) is 30.3 Å². The fourth-order valence-electron chi connectivity index (χ4n) is 3.12. The molecule has 2 N–H and O–H groups in total. The van der Waals surface area contributed by atoms with Crippen LogP contribution in [0.3, 0.4) is 0 Å². The highest BCUT2D eigenvalue weighted by Gasteiger charge is 2.14. The molecule has 4 heteroatoms. The zero-order chi connectivity index (χ0) is 16.0. The van der Waals surface area contributed by atoms with Crippen LogP contribution in [-0.4, -0.2) is 9.55 Å². The van der Waals surface area contributed by atoms with Gasteiger partial charge in [0.15, 0.2) is 0 Å². The molecule has 4 aromatic rings. The maximum Gasteiger partial charge on any atom is 0.112 e. The van der Waals surface area contributed by atoms with Crippen LogP contribution in [0.25, 0.3) is 27.5 Å². The van der Waals surface area contributed by atoms with Crippen LogP contribution in [0.5, 0.6) is 0 Å². The van der Waals surface area contributed by atoms with E-state index in [1.54, 1.807) is 0 Å². The van der Waals surface area contributed by atoms with E-state index in [2.05, 4.69) is 15.6 Å². The van der Waals surface area contributed by atoms with Gasteiger partial charge in [-0.2, -0.15) is 5.26 Å². The molecule has 0 bridgehead atoms. The molecule has 0 saturated heterocycles. The lowest BCUT2D eigenvalue weighted by atomic mass is 10.0. The van der Waals surface area contributed by atoms with Crippen molar-refractivity contribution in [1.29, 1.82) is 5.26 Å². The lowest BCUT2D eigenvalue weighted by Gasteiger charge is -2.12. The molecular formula is C19H14N4. The molecule has 23 heavy (non-hydrogen) atoms. The van der Waals surface area contributed by atoms with Gasteiger partial charge in [-0.15, -0.1) is 0 Å². The molecule has 4 rings (SSSR count). The SMILES string of the molecule is Cc1nc2c(N)cccc2n1-c1ccc(C#N)c2ccccc12. The minimum Gasteiger partial charge on any atom is -0.397 e. The Hall–Kier alpha value is -3.32. The Morgan fingerprint density at radius 2 is 1.78 bits per heavy atom. The molecule has 0 saturated carbocycles. The normalized spacial score (nSPS) is 11.0. The van der Waals surface area contributed by atoms with Crippen molar-refractivity contribution in [3.8, 4) is 11.8 Å². The van der Waals surface area contributed by atoms with E-state index < -0.39 is 0 Å². The third-order valence-corrected chi connectivity index (χ3v) is 4.15. The average molecular weight is 298 g/mol. The number of para-hydroxylation sites is 1. The first-order valence-electron chi connectivity index (χ1n) is 7.36.